The van der Waals surface area contributed by atoms with Crippen molar-refractivity contribution in [1.29, 1.82) is 0 Å². The van der Waals surface area contributed by atoms with Gasteiger partial charge in [0.2, 0.25) is 0 Å². The largest absolute Gasteiger partial charge is 0.456 e. The van der Waals surface area contributed by atoms with E-state index in [0.29, 0.717) is 0 Å². The summed E-state index contributed by atoms with van der Waals surface area (Å²) in [5.41, 5.74) is 9.45. The monoisotopic (exact) mass is 560 g/mol. The van der Waals surface area contributed by atoms with E-state index in [1.165, 1.54) is 60.1 Å². The molecule has 2 heteroatoms. The van der Waals surface area contributed by atoms with E-state index in [2.05, 4.69) is 133 Å². The topological polar surface area (TPSA) is 18.5 Å². The van der Waals surface area contributed by atoms with Gasteiger partial charge in [0, 0.05) is 21.9 Å². The predicted octanol–water partition coefficient (Wildman–Crippen LogP) is 12.0. The highest BCUT2D eigenvalue weighted by atomic mass is 16.5. The van der Waals surface area contributed by atoms with Crippen molar-refractivity contribution in [1.82, 2.24) is 0 Å². The summed E-state index contributed by atoms with van der Waals surface area (Å²) in [6.07, 6.45) is 0. The molecule has 0 bridgehead atoms. The van der Waals surface area contributed by atoms with Crippen molar-refractivity contribution in [2.24, 2.45) is 0 Å². The quantitative estimate of drug-likeness (QED) is 0.209. The van der Waals surface area contributed by atoms with E-state index in [9.17, 15) is 0 Å². The lowest BCUT2D eigenvalue weighted by Gasteiger charge is -2.22. The Labute approximate surface area is 254 Å². The van der Waals surface area contributed by atoms with Crippen LogP contribution in [0.5, 0.6) is 23.0 Å². The molecule has 0 saturated heterocycles. The molecule has 0 atom stereocenters. The van der Waals surface area contributed by atoms with Crippen molar-refractivity contribution >= 4 is 32.3 Å². The first-order valence-electron chi connectivity index (χ1n) is 15.0. The Morgan fingerprint density at radius 1 is 0.295 bits per heavy atom. The van der Waals surface area contributed by atoms with E-state index in [-0.39, 0.29) is 0 Å². The van der Waals surface area contributed by atoms with Gasteiger partial charge < -0.3 is 9.47 Å². The lowest BCUT2D eigenvalue weighted by atomic mass is 9.89. The maximum absolute atomic E-state index is 6.44. The fourth-order valence-corrected chi connectivity index (χ4v) is 7.17. The summed E-state index contributed by atoms with van der Waals surface area (Å²) in [5.74, 6) is 3.65. The highest BCUT2D eigenvalue weighted by Crippen LogP contribution is 2.49. The van der Waals surface area contributed by atoms with Crippen LogP contribution in [0.2, 0.25) is 0 Å². The first-order chi connectivity index (χ1) is 21.8. The summed E-state index contributed by atoms with van der Waals surface area (Å²) in [4.78, 5) is 0. The number of rotatable bonds is 2. The molecule has 8 aromatic rings. The number of hydrogen-bond donors (Lipinski definition) is 0. The summed E-state index contributed by atoms with van der Waals surface area (Å²) in [7, 11) is 0. The van der Waals surface area contributed by atoms with Gasteiger partial charge in [-0.3, -0.25) is 0 Å². The van der Waals surface area contributed by atoms with Gasteiger partial charge in [0.25, 0.3) is 0 Å². The molecular formula is C42H24O2. The van der Waals surface area contributed by atoms with Crippen molar-refractivity contribution in [2.75, 3.05) is 0 Å². The molecule has 0 amide bonds. The van der Waals surface area contributed by atoms with Crippen molar-refractivity contribution in [2.45, 2.75) is 0 Å². The SMILES string of the molecule is c1ccc2c(c1)Oc1cccc3c(-c4ccc5cc(-c6ccc7c(c6)Oc6cccc8cccc-7c68)ccc5c4)ccc-2c13. The summed E-state index contributed by atoms with van der Waals surface area (Å²) >= 11 is 0. The highest BCUT2D eigenvalue weighted by Gasteiger charge is 2.22. The Balaban J connectivity index is 1.05. The van der Waals surface area contributed by atoms with E-state index in [1.54, 1.807) is 0 Å². The first-order valence-corrected chi connectivity index (χ1v) is 15.0. The van der Waals surface area contributed by atoms with E-state index in [4.69, 9.17) is 9.47 Å². The van der Waals surface area contributed by atoms with Gasteiger partial charge in [0.1, 0.15) is 23.0 Å². The maximum Gasteiger partial charge on any atom is 0.135 e. The van der Waals surface area contributed by atoms with Crippen molar-refractivity contribution in [3.63, 3.8) is 0 Å². The Morgan fingerprint density at radius 3 is 1.77 bits per heavy atom. The highest BCUT2D eigenvalue weighted by molar-refractivity contribution is 6.11. The van der Waals surface area contributed by atoms with Crippen LogP contribution in [0.1, 0.15) is 0 Å². The van der Waals surface area contributed by atoms with E-state index in [1.807, 2.05) is 12.1 Å². The van der Waals surface area contributed by atoms with E-state index < -0.39 is 0 Å². The van der Waals surface area contributed by atoms with Crippen molar-refractivity contribution < 1.29 is 9.47 Å². The van der Waals surface area contributed by atoms with Crippen LogP contribution in [-0.2, 0) is 0 Å². The summed E-state index contributed by atoms with van der Waals surface area (Å²) in [5, 5.41) is 7.19. The van der Waals surface area contributed by atoms with Gasteiger partial charge in [-0.25, -0.2) is 0 Å². The second kappa shape index (κ2) is 8.82. The van der Waals surface area contributed by atoms with Crippen LogP contribution < -0.4 is 9.47 Å². The smallest absolute Gasteiger partial charge is 0.135 e. The maximum atomic E-state index is 6.44. The Kier molecular flexibility index (Phi) is 4.75. The van der Waals surface area contributed by atoms with Crippen LogP contribution in [-0.4, -0.2) is 0 Å². The third-order valence-corrected chi connectivity index (χ3v) is 9.24. The molecule has 0 N–H and O–H groups in total. The minimum Gasteiger partial charge on any atom is -0.456 e. The van der Waals surface area contributed by atoms with Crippen LogP contribution in [0.15, 0.2) is 146 Å². The lowest BCUT2D eigenvalue weighted by Crippen LogP contribution is -1.97. The van der Waals surface area contributed by atoms with Crippen LogP contribution >= 0.6 is 0 Å². The zero-order chi connectivity index (χ0) is 28.8. The molecule has 0 aliphatic carbocycles. The number of benzene rings is 8. The van der Waals surface area contributed by atoms with Gasteiger partial charge in [-0.05, 0) is 97.4 Å². The second-order valence-corrected chi connectivity index (χ2v) is 11.7. The molecule has 0 aromatic heterocycles. The zero-order valence-electron chi connectivity index (χ0n) is 23.7. The molecule has 2 nitrogen and oxygen atoms in total. The third kappa shape index (κ3) is 3.37. The van der Waals surface area contributed by atoms with E-state index in [0.717, 1.165) is 39.7 Å². The summed E-state index contributed by atoms with van der Waals surface area (Å²) in [6, 6.07) is 52.0. The molecule has 0 spiro atoms. The summed E-state index contributed by atoms with van der Waals surface area (Å²) < 4.78 is 12.8. The Morgan fingerprint density at radius 2 is 0.864 bits per heavy atom. The standard InChI is InChI=1S/C42H24O2/c1-2-11-37-32(8-1)36-21-20-31(34-10-5-13-39(43-37)42(34)36)30-17-16-26-22-27(14-15-28(26)23-30)29-18-19-33-35-9-3-6-25-7-4-12-38(41(25)35)44-40(33)24-29/h1-24H. The number of ether oxygens (including phenoxy) is 2. The van der Waals surface area contributed by atoms with Crippen LogP contribution in [0.4, 0.5) is 0 Å². The van der Waals surface area contributed by atoms with Gasteiger partial charge in [-0.2, -0.15) is 0 Å². The fraction of sp³-hybridized carbons (Fsp3) is 0. The molecule has 10 rings (SSSR count). The third-order valence-electron chi connectivity index (χ3n) is 9.24. The zero-order valence-corrected chi connectivity index (χ0v) is 23.7. The van der Waals surface area contributed by atoms with Crippen molar-refractivity contribution in [3.8, 4) is 67.5 Å². The molecule has 44 heavy (non-hydrogen) atoms. The molecule has 0 saturated carbocycles. The van der Waals surface area contributed by atoms with Crippen molar-refractivity contribution in [3.05, 3.63) is 146 Å². The molecule has 0 unspecified atom stereocenters. The molecule has 2 aliphatic heterocycles. The first kappa shape index (κ1) is 23.7. The normalized spacial score (nSPS) is 12.5. The second-order valence-electron chi connectivity index (χ2n) is 11.7. The minimum atomic E-state index is 0.901. The van der Waals surface area contributed by atoms with Gasteiger partial charge in [-0.1, -0.05) is 103 Å². The number of fused-ring (bicyclic) bond motifs is 5. The fourth-order valence-electron chi connectivity index (χ4n) is 7.17. The van der Waals surface area contributed by atoms with Gasteiger partial charge in [0.05, 0.1) is 0 Å². The van der Waals surface area contributed by atoms with Crippen LogP contribution in [0.25, 0.3) is 76.8 Å². The molecular weight excluding hydrogens is 536 g/mol. The molecule has 2 heterocycles. The minimum absolute atomic E-state index is 0.901. The number of para-hydroxylation sites is 1. The molecule has 2 aliphatic rings. The molecule has 8 aromatic carbocycles. The van der Waals surface area contributed by atoms with Crippen LogP contribution in [0.3, 0.4) is 0 Å². The summed E-state index contributed by atoms with van der Waals surface area (Å²) in [6.45, 7) is 0. The molecule has 0 radical (unpaired) electrons. The Bertz CT molecular complexity index is 2500. The molecule has 204 valence electrons. The van der Waals surface area contributed by atoms with Crippen LogP contribution in [0, 0.1) is 0 Å². The average molecular weight is 561 g/mol. The molecule has 0 fully saturated rings. The van der Waals surface area contributed by atoms with Gasteiger partial charge in [-0.15, -0.1) is 0 Å². The van der Waals surface area contributed by atoms with Gasteiger partial charge in [0.15, 0.2) is 0 Å². The van der Waals surface area contributed by atoms with Gasteiger partial charge >= 0.3 is 0 Å². The number of hydrogen-bond acceptors (Lipinski definition) is 2. The predicted molar refractivity (Wildman–Crippen MR) is 181 cm³/mol. The Hall–Kier alpha value is -5.86. The lowest BCUT2D eigenvalue weighted by molar-refractivity contribution is 0.487. The average Bonchev–Trinajstić information content (AvgIpc) is 3.08. The van der Waals surface area contributed by atoms with E-state index >= 15 is 0 Å².